The fourth-order valence-corrected chi connectivity index (χ4v) is 3.46. The Morgan fingerprint density at radius 2 is 2.33 bits per heavy atom. The number of halogens is 1. The van der Waals surface area contributed by atoms with Crippen molar-refractivity contribution in [1.29, 1.82) is 0 Å². The molecule has 2 heterocycles. The average Bonchev–Trinajstić information content (AvgIpc) is 2.90. The van der Waals surface area contributed by atoms with Crippen LogP contribution in [0.15, 0.2) is 23.6 Å². The van der Waals surface area contributed by atoms with Crippen LogP contribution in [-0.4, -0.2) is 11.5 Å². The Morgan fingerprint density at radius 3 is 3.05 bits per heavy atom. The molecule has 0 spiro atoms. The van der Waals surface area contributed by atoms with Crippen molar-refractivity contribution in [2.75, 3.05) is 6.54 Å². The first-order valence-corrected chi connectivity index (χ1v) is 8.17. The molecule has 1 aliphatic heterocycles. The standard InChI is InChI=1S/C16H19FN2OS/c1-3-6-18-13-8-15(16-19-10(2)9-21-16)20-14-7-11(17)4-5-12(13)14/h4-5,7,9,13,15,18H,3,6,8H2,1-2H3. The van der Waals surface area contributed by atoms with Crippen molar-refractivity contribution in [2.45, 2.75) is 38.8 Å². The number of fused-ring (bicyclic) bond motifs is 1. The molecule has 0 radical (unpaired) electrons. The van der Waals surface area contributed by atoms with E-state index < -0.39 is 0 Å². The highest BCUT2D eigenvalue weighted by Gasteiger charge is 2.30. The number of nitrogens with zero attached hydrogens (tertiary/aromatic N) is 1. The molecule has 2 aromatic rings. The van der Waals surface area contributed by atoms with E-state index in [0.717, 1.165) is 35.7 Å². The van der Waals surface area contributed by atoms with Crippen molar-refractivity contribution >= 4 is 11.3 Å². The zero-order valence-corrected chi connectivity index (χ0v) is 13.0. The van der Waals surface area contributed by atoms with Crippen LogP contribution in [0, 0.1) is 12.7 Å². The molecule has 2 atom stereocenters. The number of aryl methyl sites for hydroxylation is 1. The Bertz CT molecular complexity index is 628. The third-order valence-corrected chi connectivity index (χ3v) is 4.68. The molecule has 0 amide bonds. The van der Waals surface area contributed by atoms with Crippen LogP contribution in [0.25, 0.3) is 0 Å². The molecule has 3 nitrogen and oxygen atoms in total. The van der Waals surface area contributed by atoms with E-state index in [9.17, 15) is 4.39 Å². The molecule has 21 heavy (non-hydrogen) atoms. The first-order valence-electron chi connectivity index (χ1n) is 7.29. The number of hydrogen-bond donors (Lipinski definition) is 1. The van der Waals surface area contributed by atoms with Crippen molar-refractivity contribution in [1.82, 2.24) is 10.3 Å². The van der Waals surface area contributed by atoms with Crippen molar-refractivity contribution in [3.63, 3.8) is 0 Å². The largest absolute Gasteiger partial charge is 0.483 e. The number of hydrogen-bond acceptors (Lipinski definition) is 4. The Hall–Kier alpha value is -1.46. The predicted octanol–water partition coefficient (Wildman–Crippen LogP) is 4.16. The fourth-order valence-electron chi connectivity index (χ4n) is 2.62. The summed E-state index contributed by atoms with van der Waals surface area (Å²) in [5, 5.41) is 6.51. The summed E-state index contributed by atoms with van der Waals surface area (Å²) in [4.78, 5) is 4.52. The van der Waals surface area contributed by atoms with Crippen molar-refractivity contribution < 1.29 is 9.13 Å². The van der Waals surface area contributed by atoms with E-state index in [1.807, 2.05) is 18.4 Å². The van der Waals surface area contributed by atoms with Crippen LogP contribution >= 0.6 is 11.3 Å². The molecule has 0 bridgehead atoms. The first kappa shape index (κ1) is 14.5. The molecular formula is C16H19FN2OS. The summed E-state index contributed by atoms with van der Waals surface area (Å²) in [6.45, 7) is 5.05. The summed E-state index contributed by atoms with van der Waals surface area (Å²) in [6, 6.07) is 4.98. The molecule has 1 N–H and O–H groups in total. The van der Waals surface area contributed by atoms with E-state index in [-0.39, 0.29) is 18.0 Å². The van der Waals surface area contributed by atoms with E-state index in [4.69, 9.17) is 4.74 Å². The van der Waals surface area contributed by atoms with E-state index in [1.54, 1.807) is 11.3 Å². The lowest BCUT2D eigenvalue weighted by Crippen LogP contribution is -2.29. The summed E-state index contributed by atoms with van der Waals surface area (Å²) in [5.41, 5.74) is 2.04. The maximum absolute atomic E-state index is 13.5. The normalized spacial score (nSPS) is 20.9. The van der Waals surface area contributed by atoms with Gasteiger partial charge >= 0.3 is 0 Å². The summed E-state index contributed by atoms with van der Waals surface area (Å²) >= 11 is 1.60. The van der Waals surface area contributed by atoms with Crippen molar-refractivity contribution in [3.8, 4) is 5.75 Å². The highest BCUT2D eigenvalue weighted by molar-refractivity contribution is 7.09. The summed E-state index contributed by atoms with van der Waals surface area (Å²) in [7, 11) is 0. The second-order valence-corrected chi connectivity index (χ2v) is 6.25. The van der Waals surface area contributed by atoms with Gasteiger partial charge in [0.1, 0.15) is 16.6 Å². The molecule has 3 rings (SSSR count). The predicted molar refractivity (Wildman–Crippen MR) is 82.3 cm³/mol. The molecule has 112 valence electrons. The minimum Gasteiger partial charge on any atom is -0.483 e. The monoisotopic (exact) mass is 306 g/mol. The summed E-state index contributed by atoms with van der Waals surface area (Å²) in [6.07, 6.45) is 1.79. The number of aromatic nitrogens is 1. The lowest BCUT2D eigenvalue weighted by Gasteiger charge is -2.32. The van der Waals surface area contributed by atoms with E-state index in [2.05, 4.69) is 17.2 Å². The number of ether oxygens (including phenoxy) is 1. The third kappa shape index (κ3) is 3.09. The zero-order chi connectivity index (χ0) is 14.8. The van der Waals surface area contributed by atoms with Crippen LogP contribution in [0.3, 0.4) is 0 Å². The Morgan fingerprint density at radius 1 is 1.48 bits per heavy atom. The maximum atomic E-state index is 13.5. The van der Waals surface area contributed by atoms with Gasteiger partial charge in [-0.15, -0.1) is 11.3 Å². The summed E-state index contributed by atoms with van der Waals surface area (Å²) < 4.78 is 19.5. The van der Waals surface area contributed by atoms with Crippen LogP contribution in [-0.2, 0) is 0 Å². The molecule has 0 saturated carbocycles. The Kier molecular flexibility index (Phi) is 4.22. The molecule has 1 aromatic carbocycles. The minimum atomic E-state index is -0.265. The first-order chi connectivity index (χ1) is 10.2. The zero-order valence-electron chi connectivity index (χ0n) is 12.2. The lowest BCUT2D eigenvalue weighted by molar-refractivity contribution is 0.150. The van der Waals surface area contributed by atoms with Crippen LogP contribution in [0.1, 0.15) is 48.2 Å². The van der Waals surface area contributed by atoms with Gasteiger partial charge in [0.15, 0.2) is 6.10 Å². The highest BCUT2D eigenvalue weighted by Crippen LogP contribution is 2.41. The van der Waals surface area contributed by atoms with E-state index in [1.165, 1.54) is 12.1 Å². The molecule has 0 saturated heterocycles. The molecule has 1 aromatic heterocycles. The van der Waals surface area contributed by atoms with Gasteiger partial charge in [-0.2, -0.15) is 0 Å². The molecule has 1 aliphatic rings. The minimum absolute atomic E-state index is 0.104. The van der Waals surface area contributed by atoms with Gasteiger partial charge < -0.3 is 10.1 Å². The van der Waals surface area contributed by atoms with Gasteiger partial charge in [-0.1, -0.05) is 13.0 Å². The molecule has 2 unspecified atom stereocenters. The van der Waals surface area contributed by atoms with Gasteiger partial charge in [0.25, 0.3) is 0 Å². The van der Waals surface area contributed by atoms with Gasteiger partial charge in [-0.05, 0) is 26.0 Å². The maximum Gasteiger partial charge on any atom is 0.152 e. The van der Waals surface area contributed by atoms with Crippen LogP contribution in [0.2, 0.25) is 0 Å². The highest BCUT2D eigenvalue weighted by atomic mass is 32.1. The van der Waals surface area contributed by atoms with Gasteiger partial charge in [0, 0.05) is 35.2 Å². The molecule has 0 aliphatic carbocycles. The van der Waals surface area contributed by atoms with Gasteiger partial charge in [-0.3, -0.25) is 0 Å². The van der Waals surface area contributed by atoms with Gasteiger partial charge in [0.2, 0.25) is 0 Å². The molecular weight excluding hydrogens is 287 g/mol. The van der Waals surface area contributed by atoms with Crippen molar-refractivity contribution in [3.05, 3.63) is 45.7 Å². The Labute approximate surface area is 128 Å². The number of thiazole rings is 1. The fraction of sp³-hybridized carbons (Fsp3) is 0.438. The quantitative estimate of drug-likeness (QED) is 0.921. The van der Waals surface area contributed by atoms with E-state index in [0.29, 0.717) is 5.75 Å². The second-order valence-electron chi connectivity index (χ2n) is 5.36. The lowest BCUT2D eigenvalue weighted by atomic mass is 9.96. The second kappa shape index (κ2) is 6.12. The summed E-state index contributed by atoms with van der Waals surface area (Å²) in [5.74, 6) is 0.367. The smallest absolute Gasteiger partial charge is 0.152 e. The van der Waals surface area contributed by atoms with Crippen LogP contribution < -0.4 is 10.1 Å². The van der Waals surface area contributed by atoms with Crippen LogP contribution in [0.4, 0.5) is 4.39 Å². The topological polar surface area (TPSA) is 34.2 Å². The van der Waals surface area contributed by atoms with Crippen LogP contribution in [0.5, 0.6) is 5.75 Å². The molecule has 0 fully saturated rings. The average molecular weight is 306 g/mol. The van der Waals surface area contributed by atoms with Gasteiger partial charge in [0.05, 0.1) is 0 Å². The number of benzene rings is 1. The number of nitrogens with one attached hydrogen (secondary N) is 1. The van der Waals surface area contributed by atoms with Crippen molar-refractivity contribution in [2.24, 2.45) is 0 Å². The Balaban J connectivity index is 1.91. The third-order valence-electron chi connectivity index (χ3n) is 3.62. The van der Waals surface area contributed by atoms with Gasteiger partial charge in [-0.25, -0.2) is 9.37 Å². The SMILES string of the molecule is CCCNC1CC(c2nc(C)cs2)Oc2cc(F)ccc21. The number of rotatable bonds is 4. The van der Waals surface area contributed by atoms with E-state index >= 15 is 0 Å². The molecule has 5 heteroatoms.